The van der Waals surface area contributed by atoms with Crippen molar-refractivity contribution in [2.24, 2.45) is 18.0 Å². The van der Waals surface area contributed by atoms with Gasteiger partial charge in [-0.15, -0.1) is 0 Å². The highest BCUT2D eigenvalue weighted by Crippen LogP contribution is 2.28. The Hall–Kier alpha value is -2.24. The number of rotatable bonds is 6. The number of piperidine rings is 1. The van der Waals surface area contributed by atoms with E-state index in [1.165, 1.54) is 11.3 Å². The first-order chi connectivity index (χ1) is 12.7. The summed E-state index contributed by atoms with van der Waals surface area (Å²) in [5.74, 6) is 0.552. The Morgan fingerprint density at radius 3 is 2.77 bits per heavy atom. The van der Waals surface area contributed by atoms with E-state index in [9.17, 15) is 0 Å². The van der Waals surface area contributed by atoms with E-state index >= 15 is 0 Å². The van der Waals surface area contributed by atoms with E-state index < -0.39 is 0 Å². The first kappa shape index (κ1) is 18.5. The molecule has 0 aliphatic carbocycles. The van der Waals surface area contributed by atoms with Crippen LogP contribution in [0.4, 0.5) is 0 Å². The Bertz CT molecular complexity index is 746. The molecule has 5 nitrogen and oxygen atoms in total. The van der Waals surface area contributed by atoms with Crippen molar-refractivity contribution in [3.63, 3.8) is 0 Å². The first-order valence-electron chi connectivity index (χ1n) is 9.28. The number of β-amino-alcohol motifs (C(OH)–C–C–N with tert-alkyl or cyclic N) is 1. The number of aryl methyl sites for hydroxylation is 1. The molecule has 0 saturated carbocycles. The summed E-state index contributed by atoms with van der Waals surface area (Å²) in [4.78, 5) is 11.2. The second kappa shape index (κ2) is 8.92. The molecule has 1 N–H and O–H groups in total. The number of aliphatic hydroxyl groups is 1. The molecule has 0 atom stereocenters. The fourth-order valence-corrected chi connectivity index (χ4v) is 3.55. The highest BCUT2D eigenvalue weighted by molar-refractivity contribution is 5.83. The Morgan fingerprint density at radius 2 is 2.19 bits per heavy atom. The Balaban J connectivity index is 1.60. The molecule has 0 spiro atoms. The molecule has 3 heterocycles. The van der Waals surface area contributed by atoms with Gasteiger partial charge in [0.15, 0.2) is 0 Å². The predicted octanol–water partition coefficient (Wildman–Crippen LogP) is 2.98. The van der Waals surface area contributed by atoms with Gasteiger partial charge >= 0.3 is 0 Å². The molecule has 0 amide bonds. The lowest BCUT2D eigenvalue weighted by Gasteiger charge is -2.32. The van der Waals surface area contributed by atoms with Crippen LogP contribution in [-0.2, 0) is 7.05 Å². The van der Waals surface area contributed by atoms with E-state index in [1.54, 1.807) is 6.33 Å². The quantitative estimate of drug-likeness (QED) is 0.801. The zero-order valence-electron chi connectivity index (χ0n) is 15.5. The van der Waals surface area contributed by atoms with Crippen molar-refractivity contribution < 1.29 is 5.11 Å². The number of nitrogens with zero attached hydrogens (tertiary/aromatic N) is 4. The van der Waals surface area contributed by atoms with Crippen molar-refractivity contribution in [1.29, 1.82) is 0 Å². The van der Waals surface area contributed by atoms with Gasteiger partial charge in [0, 0.05) is 31.4 Å². The van der Waals surface area contributed by atoms with Crippen molar-refractivity contribution >= 4 is 11.8 Å². The van der Waals surface area contributed by atoms with Gasteiger partial charge in [0.05, 0.1) is 24.8 Å². The molecule has 3 rings (SSSR count). The largest absolute Gasteiger partial charge is 0.395 e. The van der Waals surface area contributed by atoms with Gasteiger partial charge in [0.2, 0.25) is 0 Å². The topological polar surface area (TPSA) is 53.6 Å². The van der Waals surface area contributed by atoms with Crippen molar-refractivity contribution in [3.05, 3.63) is 60.4 Å². The lowest BCUT2D eigenvalue weighted by molar-refractivity contribution is 0.156. The van der Waals surface area contributed by atoms with Gasteiger partial charge in [-0.25, -0.2) is 4.98 Å². The molecule has 1 aromatic rings. The monoisotopic (exact) mass is 352 g/mol. The Labute approximate surface area is 155 Å². The second-order valence-corrected chi connectivity index (χ2v) is 6.89. The normalized spacial score (nSPS) is 21.2. The minimum Gasteiger partial charge on any atom is -0.395 e. The third-order valence-electron chi connectivity index (χ3n) is 5.16. The van der Waals surface area contributed by atoms with E-state index in [4.69, 9.17) is 10.1 Å². The number of hydrogen-bond donors (Lipinski definition) is 1. The van der Waals surface area contributed by atoms with E-state index in [2.05, 4.69) is 34.7 Å². The summed E-state index contributed by atoms with van der Waals surface area (Å²) in [6.07, 6.45) is 17.1. The van der Waals surface area contributed by atoms with Gasteiger partial charge in [-0.1, -0.05) is 30.9 Å². The fourth-order valence-electron chi connectivity index (χ4n) is 3.55. The average Bonchev–Trinajstić information content (AvgIpc) is 3.10. The molecule has 2 aliphatic heterocycles. The summed E-state index contributed by atoms with van der Waals surface area (Å²) >= 11 is 0. The summed E-state index contributed by atoms with van der Waals surface area (Å²) in [6, 6.07) is 0. The van der Waals surface area contributed by atoms with Gasteiger partial charge in [-0.05, 0) is 43.5 Å². The maximum absolute atomic E-state index is 9.05. The number of likely N-dealkylation sites (tertiary alicyclic amines) is 1. The number of aromatic nitrogens is 2. The minimum absolute atomic E-state index is 0.249. The van der Waals surface area contributed by atoms with Crippen molar-refractivity contribution in [3.8, 4) is 0 Å². The lowest BCUT2D eigenvalue weighted by Crippen LogP contribution is -2.36. The van der Waals surface area contributed by atoms with Crippen LogP contribution in [0.2, 0.25) is 0 Å². The summed E-state index contributed by atoms with van der Waals surface area (Å²) in [6.45, 7) is 7.05. The fraction of sp³-hybridized carbons (Fsp3) is 0.429. The second-order valence-electron chi connectivity index (χ2n) is 6.89. The number of allylic oxidation sites excluding steroid dienone is 7. The van der Waals surface area contributed by atoms with E-state index in [1.807, 2.05) is 30.1 Å². The molecule has 26 heavy (non-hydrogen) atoms. The first-order valence-corrected chi connectivity index (χ1v) is 9.28. The van der Waals surface area contributed by atoms with Gasteiger partial charge < -0.3 is 14.6 Å². The van der Waals surface area contributed by atoms with Crippen LogP contribution < -0.4 is 0 Å². The Kier molecular flexibility index (Phi) is 6.36. The van der Waals surface area contributed by atoms with E-state index in [0.29, 0.717) is 5.92 Å². The molecule has 1 aromatic heterocycles. The van der Waals surface area contributed by atoms with Crippen molar-refractivity contribution in [1.82, 2.24) is 14.5 Å². The molecule has 5 heteroatoms. The number of imidazole rings is 1. The number of aliphatic hydroxyl groups excluding tert-OH is 1. The smallest absolute Gasteiger partial charge is 0.0948 e. The third-order valence-corrected chi connectivity index (χ3v) is 5.16. The molecular formula is C21H28N4O. The van der Waals surface area contributed by atoms with Crippen LogP contribution in [0.5, 0.6) is 0 Å². The van der Waals surface area contributed by atoms with Crippen LogP contribution in [0, 0.1) is 5.92 Å². The van der Waals surface area contributed by atoms with Crippen LogP contribution in [0.25, 0.3) is 5.57 Å². The molecule has 0 aromatic carbocycles. The number of aliphatic imine (C=N–C) groups is 1. The highest BCUT2D eigenvalue weighted by atomic mass is 16.3. The molecule has 0 radical (unpaired) electrons. The van der Waals surface area contributed by atoms with Gasteiger partial charge in [-0.3, -0.25) is 4.99 Å². The van der Waals surface area contributed by atoms with Crippen molar-refractivity contribution in [2.45, 2.75) is 19.3 Å². The molecule has 0 bridgehead atoms. The van der Waals surface area contributed by atoms with Gasteiger partial charge in [0.25, 0.3) is 0 Å². The summed E-state index contributed by atoms with van der Waals surface area (Å²) in [5, 5.41) is 9.05. The SMILES string of the molecule is C=C/C(=C\C=C1\C=NC(C2CCN(CCO)CC2)=CC1)c1cncn1C. The molecule has 0 unspecified atom stereocenters. The van der Waals surface area contributed by atoms with Crippen LogP contribution in [-0.4, -0.2) is 52.0 Å². The molecule has 138 valence electrons. The summed E-state index contributed by atoms with van der Waals surface area (Å²) < 4.78 is 1.99. The van der Waals surface area contributed by atoms with E-state index in [0.717, 1.165) is 50.2 Å². The maximum Gasteiger partial charge on any atom is 0.0948 e. The molecule has 1 saturated heterocycles. The minimum atomic E-state index is 0.249. The van der Waals surface area contributed by atoms with E-state index in [-0.39, 0.29) is 6.61 Å². The summed E-state index contributed by atoms with van der Waals surface area (Å²) in [5.41, 5.74) is 4.53. The van der Waals surface area contributed by atoms with Crippen molar-refractivity contribution in [2.75, 3.05) is 26.2 Å². The zero-order valence-corrected chi connectivity index (χ0v) is 15.5. The molecular weight excluding hydrogens is 324 g/mol. The van der Waals surface area contributed by atoms with Gasteiger partial charge in [0.1, 0.15) is 0 Å². The zero-order chi connectivity index (χ0) is 18.4. The number of hydrogen-bond acceptors (Lipinski definition) is 4. The molecule has 1 fully saturated rings. The third kappa shape index (κ3) is 4.48. The van der Waals surface area contributed by atoms with Crippen LogP contribution in [0.1, 0.15) is 25.0 Å². The lowest BCUT2D eigenvalue weighted by atomic mass is 9.91. The van der Waals surface area contributed by atoms with Crippen LogP contribution >= 0.6 is 0 Å². The van der Waals surface area contributed by atoms with Crippen LogP contribution in [0.3, 0.4) is 0 Å². The average molecular weight is 352 g/mol. The summed E-state index contributed by atoms with van der Waals surface area (Å²) in [7, 11) is 1.98. The van der Waals surface area contributed by atoms with Gasteiger partial charge in [-0.2, -0.15) is 0 Å². The molecule has 2 aliphatic rings. The maximum atomic E-state index is 9.05. The highest BCUT2D eigenvalue weighted by Gasteiger charge is 2.22. The predicted molar refractivity (Wildman–Crippen MR) is 107 cm³/mol. The van der Waals surface area contributed by atoms with Crippen LogP contribution in [0.15, 0.2) is 59.7 Å². The Morgan fingerprint density at radius 1 is 1.38 bits per heavy atom. The standard InChI is InChI=1S/C21H28N4O/c1-3-18(21-15-22-16-24(21)2)6-4-17-5-7-20(23-14-17)19-8-10-25(11-9-19)12-13-26/h3-4,6-7,14-16,19,26H,1,5,8-13H2,2H3/b17-4+,18-6+.